The van der Waals surface area contributed by atoms with Crippen LogP contribution in [0.1, 0.15) is 24.1 Å². The van der Waals surface area contributed by atoms with Crippen molar-refractivity contribution in [2.75, 3.05) is 46.4 Å². The van der Waals surface area contributed by atoms with Gasteiger partial charge in [-0.05, 0) is 25.0 Å². The fourth-order valence-corrected chi connectivity index (χ4v) is 3.81. The zero-order valence-corrected chi connectivity index (χ0v) is 16.4. The minimum atomic E-state index is -0.494. The lowest BCUT2D eigenvalue weighted by Gasteiger charge is -2.33. The molecule has 7 heteroatoms. The topological polar surface area (TPSA) is 76.3 Å². The number of carbonyl (C=O) groups excluding carboxylic acids is 2. The summed E-state index contributed by atoms with van der Waals surface area (Å²) in [5.74, 6) is -0.368. The van der Waals surface area contributed by atoms with Gasteiger partial charge in [-0.1, -0.05) is 24.3 Å². The SMILES string of the molecule is CCOC(=O)C1=C(C[NH+]2CC[NH+](C)CC2)NC(=O)N[C@@H]1c1ccccc1C. The Balaban J connectivity index is 1.97. The summed E-state index contributed by atoms with van der Waals surface area (Å²) < 4.78 is 5.34. The van der Waals surface area contributed by atoms with Gasteiger partial charge in [-0.15, -0.1) is 0 Å². The van der Waals surface area contributed by atoms with E-state index >= 15 is 0 Å². The van der Waals surface area contributed by atoms with Crippen LogP contribution in [0, 0.1) is 6.92 Å². The summed E-state index contributed by atoms with van der Waals surface area (Å²) in [5.41, 5.74) is 3.15. The molecule has 2 amide bonds. The molecular formula is C20H30N4O3+2. The monoisotopic (exact) mass is 374 g/mol. The number of nitrogens with one attached hydrogen (secondary N) is 4. The van der Waals surface area contributed by atoms with Gasteiger partial charge in [0.2, 0.25) is 0 Å². The molecule has 0 radical (unpaired) electrons. The number of hydrogen-bond donors (Lipinski definition) is 4. The van der Waals surface area contributed by atoms with Gasteiger partial charge in [0.1, 0.15) is 32.7 Å². The van der Waals surface area contributed by atoms with E-state index in [-0.39, 0.29) is 12.0 Å². The number of esters is 1. The van der Waals surface area contributed by atoms with Crippen LogP contribution in [-0.4, -0.2) is 58.4 Å². The average molecular weight is 374 g/mol. The first-order valence-electron chi connectivity index (χ1n) is 9.67. The van der Waals surface area contributed by atoms with Crippen molar-refractivity contribution in [1.29, 1.82) is 0 Å². The maximum atomic E-state index is 12.8. The highest BCUT2D eigenvalue weighted by atomic mass is 16.5. The third kappa shape index (κ3) is 4.48. The van der Waals surface area contributed by atoms with E-state index in [2.05, 4.69) is 17.7 Å². The molecule has 0 spiro atoms. The number of hydrogen-bond acceptors (Lipinski definition) is 3. The minimum absolute atomic E-state index is 0.273. The van der Waals surface area contributed by atoms with E-state index in [1.165, 1.54) is 9.80 Å². The smallest absolute Gasteiger partial charge is 0.338 e. The molecule has 146 valence electrons. The Kier molecular flexibility index (Phi) is 6.13. The highest BCUT2D eigenvalue weighted by Gasteiger charge is 2.36. The lowest BCUT2D eigenvalue weighted by molar-refractivity contribution is -1.00. The summed E-state index contributed by atoms with van der Waals surface area (Å²) in [6.07, 6.45) is 0. The van der Waals surface area contributed by atoms with E-state index in [1.807, 2.05) is 31.2 Å². The molecule has 0 bridgehead atoms. The summed E-state index contributed by atoms with van der Waals surface area (Å²) in [6, 6.07) is 7.05. The Morgan fingerprint density at radius 3 is 2.59 bits per heavy atom. The standard InChI is InChI=1S/C20H28N4O3/c1-4-27-19(25)17-16(13-24-11-9-23(3)10-12-24)21-20(26)22-18(17)15-8-6-5-7-14(15)2/h5-8,18H,4,9-13H2,1-3H3,(H2,21,22,26)/p+2/t18-/m1/s1. The third-order valence-corrected chi connectivity index (χ3v) is 5.39. The molecule has 1 aromatic rings. The van der Waals surface area contributed by atoms with Crippen LogP contribution in [0.15, 0.2) is 35.5 Å². The fourth-order valence-electron chi connectivity index (χ4n) is 3.81. The maximum Gasteiger partial charge on any atom is 0.338 e. The Hall–Kier alpha value is -2.38. The zero-order chi connectivity index (χ0) is 19.4. The molecule has 4 N–H and O–H groups in total. The molecule has 1 saturated heterocycles. The predicted molar refractivity (Wildman–Crippen MR) is 101 cm³/mol. The van der Waals surface area contributed by atoms with Crippen LogP contribution >= 0.6 is 0 Å². The van der Waals surface area contributed by atoms with Gasteiger partial charge in [0.15, 0.2) is 0 Å². The van der Waals surface area contributed by atoms with E-state index in [0.717, 1.165) is 37.3 Å². The summed E-state index contributed by atoms with van der Waals surface area (Å²) in [7, 11) is 2.20. The van der Waals surface area contributed by atoms with Crippen molar-refractivity contribution in [2.24, 2.45) is 0 Å². The van der Waals surface area contributed by atoms with Crippen LogP contribution < -0.4 is 20.4 Å². The first-order valence-corrected chi connectivity index (χ1v) is 9.67. The Morgan fingerprint density at radius 2 is 1.93 bits per heavy atom. The van der Waals surface area contributed by atoms with Crippen molar-refractivity contribution in [3.63, 3.8) is 0 Å². The predicted octanol–water partition coefficient (Wildman–Crippen LogP) is -1.42. The van der Waals surface area contributed by atoms with Crippen molar-refractivity contribution in [2.45, 2.75) is 19.9 Å². The molecule has 2 aliphatic heterocycles. The number of urea groups is 1. The van der Waals surface area contributed by atoms with Crippen LogP contribution in [0.5, 0.6) is 0 Å². The number of aryl methyl sites for hydroxylation is 1. The van der Waals surface area contributed by atoms with Gasteiger partial charge >= 0.3 is 12.0 Å². The summed E-state index contributed by atoms with van der Waals surface area (Å²) >= 11 is 0. The van der Waals surface area contributed by atoms with E-state index in [4.69, 9.17) is 4.74 Å². The molecule has 27 heavy (non-hydrogen) atoms. The normalized spacial score (nSPS) is 25.6. The largest absolute Gasteiger partial charge is 0.463 e. The number of amides is 2. The fraction of sp³-hybridized carbons (Fsp3) is 0.500. The third-order valence-electron chi connectivity index (χ3n) is 5.39. The first-order chi connectivity index (χ1) is 13.0. The molecule has 2 aliphatic rings. The Labute approximate surface area is 160 Å². The van der Waals surface area contributed by atoms with Crippen LogP contribution in [0.4, 0.5) is 4.79 Å². The molecular weight excluding hydrogens is 344 g/mol. The molecule has 0 saturated carbocycles. The van der Waals surface area contributed by atoms with Gasteiger partial charge in [-0.25, -0.2) is 9.59 Å². The number of quaternary nitrogens is 2. The zero-order valence-electron chi connectivity index (χ0n) is 16.4. The second-order valence-corrected chi connectivity index (χ2v) is 7.38. The maximum absolute atomic E-state index is 12.8. The van der Waals surface area contributed by atoms with Gasteiger partial charge in [-0.2, -0.15) is 0 Å². The molecule has 1 aromatic carbocycles. The second-order valence-electron chi connectivity index (χ2n) is 7.38. The number of piperazine rings is 1. The van der Waals surface area contributed by atoms with Crippen molar-refractivity contribution < 1.29 is 24.1 Å². The second kappa shape index (κ2) is 8.54. The molecule has 1 atom stereocenters. The lowest BCUT2D eigenvalue weighted by Crippen LogP contribution is -3.27. The number of carbonyl (C=O) groups is 2. The van der Waals surface area contributed by atoms with Crippen molar-refractivity contribution in [3.8, 4) is 0 Å². The number of rotatable bonds is 5. The number of benzene rings is 1. The quantitative estimate of drug-likeness (QED) is 0.478. The van der Waals surface area contributed by atoms with E-state index in [1.54, 1.807) is 6.92 Å². The molecule has 2 heterocycles. The molecule has 3 rings (SSSR count). The molecule has 7 nitrogen and oxygen atoms in total. The number of likely N-dealkylation sites (N-methyl/N-ethyl adjacent to an activating group) is 1. The van der Waals surface area contributed by atoms with Gasteiger partial charge in [0, 0.05) is 0 Å². The molecule has 1 fully saturated rings. The summed E-state index contributed by atoms with van der Waals surface area (Å²) in [6.45, 7) is 8.92. The Bertz CT molecular complexity index is 738. The van der Waals surface area contributed by atoms with Crippen molar-refractivity contribution >= 4 is 12.0 Å². The van der Waals surface area contributed by atoms with Crippen LogP contribution in [0.3, 0.4) is 0 Å². The summed E-state index contributed by atoms with van der Waals surface area (Å²) in [4.78, 5) is 28.1. The average Bonchev–Trinajstić information content (AvgIpc) is 2.63. The molecule has 0 aliphatic carbocycles. The molecule has 0 unspecified atom stereocenters. The van der Waals surface area contributed by atoms with Gasteiger partial charge < -0.3 is 25.2 Å². The highest BCUT2D eigenvalue weighted by molar-refractivity contribution is 5.95. The van der Waals surface area contributed by atoms with Crippen molar-refractivity contribution in [1.82, 2.24) is 10.6 Å². The van der Waals surface area contributed by atoms with Gasteiger partial charge in [-0.3, -0.25) is 0 Å². The van der Waals surface area contributed by atoms with Crippen molar-refractivity contribution in [3.05, 3.63) is 46.7 Å². The summed E-state index contributed by atoms with van der Waals surface area (Å²) in [5, 5.41) is 5.80. The van der Waals surface area contributed by atoms with Crippen LogP contribution in [0.2, 0.25) is 0 Å². The number of ether oxygens (including phenoxy) is 1. The van der Waals surface area contributed by atoms with Gasteiger partial charge in [0.25, 0.3) is 0 Å². The highest BCUT2D eigenvalue weighted by Crippen LogP contribution is 2.29. The van der Waals surface area contributed by atoms with Crippen LogP contribution in [-0.2, 0) is 9.53 Å². The van der Waals surface area contributed by atoms with E-state index < -0.39 is 6.04 Å². The lowest BCUT2D eigenvalue weighted by atomic mass is 9.92. The molecule has 0 aromatic heterocycles. The van der Waals surface area contributed by atoms with Gasteiger partial charge in [0.05, 0.1) is 31.0 Å². The van der Waals surface area contributed by atoms with E-state index in [9.17, 15) is 9.59 Å². The Morgan fingerprint density at radius 1 is 1.22 bits per heavy atom. The van der Waals surface area contributed by atoms with E-state index in [0.29, 0.717) is 24.4 Å². The first kappa shape index (κ1) is 19.4. The minimum Gasteiger partial charge on any atom is -0.463 e. The van der Waals surface area contributed by atoms with Crippen LogP contribution in [0.25, 0.3) is 0 Å².